The van der Waals surface area contributed by atoms with Gasteiger partial charge in [0.05, 0.1) is 11.4 Å². The highest BCUT2D eigenvalue weighted by molar-refractivity contribution is 6.67. The molecule has 0 spiro atoms. The number of nitrogens with one attached hydrogen (secondary N) is 2. The summed E-state index contributed by atoms with van der Waals surface area (Å²) in [6.45, 7) is 0. The molecule has 4 heteroatoms. The molecule has 2 nitrogen and oxygen atoms in total. The quantitative estimate of drug-likeness (QED) is 0.526. The van der Waals surface area contributed by atoms with Crippen molar-refractivity contribution in [2.45, 2.75) is 5.66 Å². The average Bonchev–Trinajstić information content (AvgIpc) is 3.17. The Morgan fingerprint density at radius 3 is 1.83 bits per heavy atom. The van der Waals surface area contributed by atoms with Crippen molar-refractivity contribution in [3.05, 3.63) is 120 Å². The number of para-hydroxylation sites is 2. The van der Waals surface area contributed by atoms with Gasteiger partial charge >= 0.3 is 0 Å². The van der Waals surface area contributed by atoms with E-state index in [2.05, 4.69) is 22.8 Å². The third-order valence-corrected chi connectivity index (χ3v) is 5.50. The van der Waals surface area contributed by atoms with Crippen LogP contribution in [0.1, 0.15) is 11.1 Å². The number of halogens is 1. The fourth-order valence-corrected chi connectivity index (χ4v) is 4.02. The van der Waals surface area contributed by atoms with Crippen molar-refractivity contribution >= 4 is 29.6 Å². The third-order valence-electron chi connectivity index (χ3n) is 5.50. The van der Waals surface area contributed by atoms with E-state index in [0.29, 0.717) is 12.7 Å². The van der Waals surface area contributed by atoms with E-state index < -0.39 is 5.66 Å². The second kappa shape index (κ2) is 7.14. The maximum atomic E-state index is 15.1. The molecular weight excluding hydrogens is 358 g/mol. The van der Waals surface area contributed by atoms with Crippen LogP contribution in [0.3, 0.4) is 0 Å². The zero-order valence-electron chi connectivity index (χ0n) is 15.9. The SMILES string of the molecule is Fc1cc(C2(c3ccccc3)Nc3ccccc3N2)ccc1Bc1ccccc1. The lowest BCUT2D eigenvalue weighted by atomic mass is 9.63. The topological polar surface area (TPSA) is 24.1 Å². The van der Waals surface area contributed by atoms with Crippen molar-refractivity contribution < 1.29 is 4.39 Å². The summed E-state index contributed by atoms with van der Waals surface area (Å²) in [5.74, 6) is -0.193. The van der Waals surface area contributed by atoms with Crippen LogP contribution in [0.5, 0.6) is 0 Å². The average molecular weight is 378 g/mol. The summed E-state index contributed by atoms with van der Waals surface area (Å²) in [5.41, 5.74) is 4.97. The van der Waals surface area contributed by atoms with Gasteiger partial charge in [-0.05, 0) is 23.7 Å². The van der Waals surface area contributed by atoms with Crippen LogP contribution in [0, 0.1) is 5.82 Å². The number of hydrogen-bond donors (Lipinski definition) is 2. The molecule has 0 saturated heterocycles. The largest absolute Gasteiger partial charge is 0.354 e. The smallest absolute Gasteiger partial charge is 0.196 e. The summed E-state index contributed by atoms with van der Waals surface area (Å²) in [5, 5.41) is 7.20. The molecule has 29 heavy (non-hydrogen) atoms. The molecule has 0 amide bonds. The zero-order valence-corrected chi connectivity index (χ0v) is 15.9. The Hall–Kier alpha value is -3.53. The standard InChI is InChI=1S/C25H20BFN2/c27-22-17-19(15-16-21(22)26-20-11-5-2-6-12-20)25(18-9-3-1-4-10-18)28-23-13-7-8-14-24(23)29-25/h1-17,26,28-29H. The van der Waals surface area contributed by atoms with E-state index in [-0.39, 0.29) is 5.82 Å². The molecule has 1 aliphatic rings. The molecule has 1 aliphatic heterocycles. The highest BCUT2D eigenvalue weighted by atomic mass is 19.1. The van der Waals surface area contributed by atoms with Gasteiger partial charge in [-0.3, -0.25) is 0 Å². The van der Waals surface area contributed by atoms with Crippen molar-refractivity contribution in [1.29, 1.82) is 0 Å². The van der Waals surface area contributed by atoms with Crippen molar-refractivity contribution in [2.75, 3.05) is 10.6 Å². The molecular formula is C25H20BFN2. The number of anilines is 2. The Morgan fingerprint density at radius 2 is 1.21 bits per heavy atom. The van der Waals surface area contributed by atoms with Crippen LogP contribution in [-0.2, 0) is 5.66 Å². The second-order valence-corrected chi connectivity index (χ2v) is 7.38. The van der Waals surface area contributed by atoms with Crippen LogP contribution in [0.4, 0.5) is 15.8 Å². The summed E-state index contributed by atoms with van der Waals surface area (Å²) < 4.78 is 15.1. The Morgan fingerprint density at radius 1 is 0.621 bits per heavy atom. The van der Waals surface area contributed by atoms with E-state index in [9.17, 15) is 0 Å². The van der Waals surface area contributed by atoms with Gasteiger partial charge in [0.15, 0.2) is 12.9 Å². The van der Waals surface area contributed by atoms with E-state index >= 15 is 4.39 Å². The van der Waals surface area contributed by atoms with E-state index in [1.807, 2.05) is 84.9 Å². The van der Waals surface area contributed by atoms with Crippen molar-refractivity contribution in [1.82, 2.24) is 0 Å². The lowest BCUT2D eigenvalue weighted by Crippen LogP contribution is -2.41. The van der Waals surface area contributed by atoms with Crippen LogP contribution >= 0.6 is 0 Å². The highest BCUT2D eigenvalue weighted by Gasteiger charge is 2.40. The van der Waals surface area contributed by atoms with E-state index in [1.54, 1.807) is 6.07 Å². The first-order valence-electron chi connectivity index (χ1n) is 9.78. The lowest BCUT2D eigenvalue weighted by molar-refractivity contribution is 0.623. The van der Waals surface area contributed by atoms with Crippen LogP contribution in [0.15, 0.2) is 103 Å². The fourth-order valence-electron chi connectivity index (χ4n) is 4.02. The number of fused-ring (bicyclic) bond motifs is 1. The summed E-state index contributed by atoms with van der Waals surface area (Å²) in [7, 11) is 0.576. The Labute approximate surface area is 170 Å². The van der Waals surface area contributed by atoms with Gasteiger partial charge in [-0.15, -0.1) is 0 Å². The molecule has 4 aromatic carbocycles. The fraction of sp³-hybridized carbons (Fsp3) is 0.0400. The zero-order chi connectivity index (χ0) is 19.7. The molecule has 4 aromatic rings. The second-order valence-electron chi connectivity index (χ2n) is 7.38. The minimum absolute atomic E-state index is 0.193. The van der Waals surface area contributed by atoms with Crippen LogP contribution in [-0.4, -0.2) is 7.28 Å². The molecule has 5 rings (SSSR count). The molecule has 0 saturated carbocycles. The molecule has 0 aromatic heterocycles. The summed E-state index contributed by atoms with van der Waals surface area (Å²) in [6, 6.07) is 33.7. The van der Waals surface area contributed by atoms with Crippen molar-refractivity contribution in [3.8, 4) is 0 Å². The predicted molar refractivity (Wildman–Crippen MR) is 120 cm³/mol. The molecule has 0 radical (unpaired) electrons. The summed E-state index contributed by atoms with van der Waals surface area (Å²) >= 11 is 0. The predicted octanol–water partition coefficient (Wildman–Crippen LogP) is 3.95. The first kappa shape index (κ1) is 17.6. The maximum Gasteiger partial charge on any atom is 0.196 e. The molecule has 0 fully saturated rings. The monoisotopic (exact) mass is 378 g/mol. The molecule has 2 N–H and O–H groups in total. The minimum Gasteiger partial charge on any atom is -0.354 e. The Bertz CT molecular complexity index is 1120. The van der Waals surface area contributed by atoms with Gasteiger partial charge in [0, 0.05) is 11.1 Å². The molecule has 0 aliphatic carbocycles. The van der Waals surface area contributed by atoms with Gasteiger partial charge in [0.1, 0.15) is 5.82 Å². The van der Waals surface area contributed by atoms with E-state index in [4.69, 9.17) is 0 Å². The number of hydrogen-bond acceptors (Lipinski definition) is 2. The molecule has 140 valence electrons. The molecule has 0 bridgehead atoms. The van der Waals surface area contributed by atoms with Crippen LogP contribution < -0.4 is 21.6 Å². The number of benzene rings is 4. The Balaban J connectivity index is 1.57. The summed E-state index contributed by atoms with van der Waals surface area (Å²) in [6.07, 6.45) is 0. The van der Waals surface area contributed by atoms with Gasteiger partial charge in [-0.25, -0.2) is 4.39 Å². The maximum absolute atomic E-state index is 15.1. The highest BCUT2D eigenvalue weighted by Crippen LogP contribution is 2.43. The first-order valence-corrected chi connectivity index (χ1v) is 9.78. The van der Waals surface area contributed by atoms with Gasteiger partial charge in [0.2, 0.25) is 0 Å². The first-order chi connectivity index (χ1) is 14.2. The van der Waals surface area contributed by atoms with Gasteiger partial charge in [0.25, 0.3) is 0 Å². The molecule has 1 heterocycles. The van der Waals surface area contributed by atoms with Gasteiger partial charge in [-0.2, -0.15) is 0 Å². The van der Waals surface area contributed by atoms with E-state index in [0.717, 1.165) is 28.0 Å². The van der Waals surface area contributed by atoms with Crippen molar-refractivity contribution in [2.24, 2.45) is 0 Å². The normalized spacial score (nSPS) is 13.8. The summed E-state index contributed by atoms with van der Waals surface area (Å²) in [4.78, 5) is 0. The van der Waals surface area contributed by atoms with Gasteiger partial charge in [-0.1, -0.05) is 90.4 Å². The van der Waals surface area contributed by atoms with E-state index in [1.165, 1.54) is 0 Å². The minimum atomic E-state index is -0.711. The van der Waals surface area contributed by atoms with Crippen molar-refractivity contribution in [3.63, 3.8) is 0 Å². The van der Waals surface area contributed by atoms with Gasteiger partial charge < -0.3 is 10.6 Å². The lowest BCUT2D eigenvalue weighted by Gasteiger charge is -2.32. The molecule has 0 atom stereocenters. The van der Waals surface area contributed by atoms with Crippen LogP contribution in [0.2, 0.25) is 0 Å². The number of rotatable bonds is 4. The van der Waals surface area contributed by atoms with Crippen LogP contribution in [0.25, 0.3) is 0 Å². The third kappa shape index (κ3) is 3.17. The Kier molecular flexibility index (Phi) is 4.32. The molecule has 0 unspecified atom stereocenters.